The number of hydrogen-bond donors (Lipinski definition) is 1. The van der Waals surface area contributed by atoms with Crippen LogP contribution in [0.3, 0.4) is 0 Å². The van der Waals surface area contributed by atoms with E-state index in [0.29, 0.717) is 17.2 Å². The molecule has 0 aliphatic carbocycles. The predicted octanol–water partition coefficient (Wildman–Crippen LogP) is 6.57. The van der Waals surface area contributed by atoms with Crippen LogP contribution in [-0.4, -0.2) is 35.4 Å². The van der Waals surface area contributed by atoms with E-state index in [4.69, 9.17) is 16.3 Å². The van der Waals surface area contributed by atoms with E-state index >= 15 is 0 Å². The Balaban J connectivity index is 1.90. The van der Waals surface area contributed by atoms with Crippen LogP contribution < -0.4 is 10.1 Å². The van der Waals surface area contributed by atoms with Crippen molar-refractivity contribution in [3.8, 4) is 5.75 Å². The van der Waals surface area contributed by atoms with Crippen molar-refractivity contribution >= 4 is 23.4 Å². The van der Waals surface area contributed by atoms with Crippen molar-refractivity contribution in [2.24, 2.45) is 0 Å². The highest BCUT2D eigenvalue weighted by atomic mass is 35.5. The monoisotopic (exact) mass is 534 g/mol. The van der Waals surface area contributed by atoms with Gasteiger partial charge in [-0.25, -0.2) is 0 Å². The second kappa shape index (κ2) is 13.5. The molecule has 2 amide bonds. The zero-order chi connectivity index (χ0) is 27.7. The third-order valence-electron chi connectivity index (χ3n) is 6.65. The molecule has 0 saturated carbocycles. The molecule has 0 saturated heterocycles. The van der Waals surface area contributed by atoms with Gasteiger partial charge in [-0.1, -0.05) is 100.0 Å². The third-order valence-corrected chi connectivity index (χ3v) is 7.02. The lowest BCUT2D eigenvalue weighted by molar-refractivity contribution is -0.143. The van der Waals surface area contributed by atoms with E-state index in [2.05, 4.69) is 26.1 Å². The van der Waals surface area contributed by atoms with E-state index in [0.717, 1.165) is 17.5 Å². The first kappa shape index (κ1) is 29.2. The zero-order valence-electron chi connectivity index (χ0n) is 23.0. The van der Waals surface area contributed by atoms with Gasteiger partial charge in [-0.15, -0.1) is 0 Å². The van der Waals surface area contributed by atoms with Crippen LogP contribution >= 0.6 is 11.6 Å². The first-order chi connectivity index (χ1) is 18.1. The average molecular weight is 535 g/mol. The summed E-state index contributed by atoms with van der Waals surface area (Å²) in [5, 5.41) is 3.62. The SMILES string of the molecule is CC[C@H](C)NC(=O)[C@@H](Cc1ccccc1)N(Cc1ccccc1Cl)C(=O)COc1ccc(C(C)(C)C)cc1. The maximum Gasteiger partial charge on any atom is 0.261 e. The molecule has 3 rings (SSSR count). The molecule has 1 N–H and O–H groups in total. The van der Waals surface area contributed by atoms with E-state index < -0.39 is 6.04 Å². The fourth-order valence-electron chi connectivity index (χ4n) is 4.08. The minimum Gasteiger partial charge on any atom is -0.484 e. The summed E-state index contributed by atoms with van der Waals surface area (Å²) in [4.78, 5) is 28.9. The molecule has 0 unspecified atom stereocenters. The molecule has 6 heteroatoms. The maximum absolute atomic E-state index is 13.7. The number of rotatable bonds is 11. The van der Waals surface area contributed by atoms with E-state index in [-0.39, 0.29) is 36.4 Å². The maximum atomic E-state index is 13.7. The highest BCUT2D eigenvalue weighted by Gasteiger charge is 2.31. The van der Waals surface area contributed by atoms with Crippen LogP contribution in [-0.2, 0) is 28.0 Å². The molecular weight excluding hydrogens is 496 g/mol. The first-order valence-corrected chi connectivity index (χ1v) is 13.6. The van der Waals surface area contributed by atoms with E-state index in [1.54, 1.807) is 11.0 Å². The largest absolute Gasteiger partial charge is 0.484 e. The molecule has 0 aliphatic rings. The van der Waals surface area contributed by atoms with Gasteiger partial charge in [0.2, 0.25) is 5.91 Å². The Hall–Kier alpha value is -3.31. The predicted molar refractivity (Wildman–Crippen MR) is 154 cm³/mol. The minimum absolute atomic E-state index is 0.0179. The van der Waals surface area contributed by atoms with Gasteiger partial charge in [0.05, 0.1) is 0 Å². The molecule has 202 valence electrons. The van der Waals surface area contributed by atoms with E-state index in [1.165, 1.54) is 5.56 Å². The first-order valence-electron chi connectivity index (χ1n) is 13.2. The van der Waals surface area contributed by atoms with Gasteiger partial charge >= 0.3 is 0 Å². The lowest BCUT2D eigenvalue weighted by atomic mass is 9.87. The Bertz CT molecular complexity index is 1190. The zero-order valence-corrected chi connectivity index (χ0v) is 23.8. The van der Waals surface area contributed by atoms with Crippen molar-refractivity contribution in [1.29, 1.82) is 0 Å². The lowest BCUT2D eigenvalue weighted by Gasteiger charge is -2.32. The number of nitrogens with zero attached hydrogens (tertiary/aromatic N) is 1. The fraction of sp³-hybridized carbons (Fsp3) is 0.375. The van der Waals surface area contributed by atoms with Gasteiger partial charge in [-0.3, -0.25) is 9.59 Å². The van der Waals surface area contributed by atoms with E-state index in [1.807, 2.05) is 86.6 Å². The molecule has 0 spiro atoms. The van der Waals surface area contributed by atoms with Gasteiger partial charge in [0.1, 0.15) is 11.8 Å². The summed E-state index contributed by atoms with van der Waals surface area (Å²) >= 11 is 6.48. The third kappa shape index (κ3) is 8.35. The van der Waals surface area contributed by atoms with Crippen LogP contribution in [0.4, 0.5) is 0 Å². The highest BCUT2D eigenvalue weighted by Crippen LogP contribution is 2.25. The molecule has 0 fully saturated rings. The normalized spacial score (nSPS) is 12.9. The average Bonchev–Trinajstić information content (AvgIpc) is 2.90. The van der Waals surface area contributed by atoms with Crippen molar-refractivity contribution in [2.45, 2.75) is 71.5 Å². The van der Waals surface area contributed by atoms with Crippen molar-refractivity contribution in [3.63, 3.8) is 0 Å². The standard InChI is InChI=1S/C32H39ClN2O3/c1-6-23(2)34-31(37)29(20-24-12-8-7-9-13-24)35(21-25-14-10-11-15-28(25)33)30(36)22-38-27-18-16-26(17-19-27)32(3,4)5/h7-19,23,29H,6,20-22H2,1-5H3,(H,34,37)/t23-,29+/m0/s1. The summed E-state index contributed by atoms with van der Waals surface area (Å²) < 4.78 is 5.91. The number of amides is 2. The van der Waals surface area contributed by atoms with Crippen LogP contribution in [0.25, 0.3) is 0 Å². The quantitative estimate of drug-likeness (QED) is 0.302. The Kier molecular flexibility index (Phi) is 10.4. The molecule has 38 heavy (non-hydrogen) atoms. The molecule has 0 radical (unpaired) electrons. The van der Waals surface area contributed by atoms with Gasteiger partial charge < -0.3 is 15.0 Å². The Morgan fingerprint density at radius 2 is 1.58 bits per heavy atom. The fourth-order valence-corrected chi connectivity index (χ4v) is 4.28. The van der Waals surface area contributed by atoms with Crippen LogP contribution in [0.2, 0.25) is 5.02 Å². The number of carbonyl (C=O) groups excluding carboxylic acids is 2. The summed E-state index contributed by atoms with van der Waals surface area (Å²) in [6.45, 7) is 10.4. The molecule has 0 aromatic heterocycles. The molecule has 0 aliphatic heterocycles. The molecule has 5 nitrogen and oxygen atoms in total. The van der Waals surface area contributed by atoms with Crippen LogP contribution in [0.15, 0.2) is 78.9 Å². The number of carbonyl (C=O) groups is 2. The van der Waals surface area contributed by atoms with Gasteiger partial charge in [0.25, 0.3) is 5.91 Å². The topological polar surface area (TPSA) is 58.6 Å². The van der Waals surface area contributed by atoms with Crippen molar-refractivity contribution < 1.29 is 14.3 Å². The second-order valence-electron chi connectivity index (χ2n) is 10.7. The molecule has 3 aromatic carbocycles. The van der Waals surface area contributed by atoms with Gasteiger partial charge in [0.15, 0.2) is 6.61 Å². The molecule has 0 heterocycles. The molecule has 3 aromatic rings. The smallest absolute Gasteiger partial charge is 0.261 e. The number of halogens is 1. The number of nitrogens with one attached hydrogen (secondary N) is 1. The van der Waals surface area contributed by atoms with Gasteiger partial charge in [-0.2, -0.15) is 0 Å². The molecular formula is C32H39ClN2O3. The van der Waals surface area contributed by atoms with Crippen LogP contribution in [0, 0.1) is 0 Å². The van der Waals surface area contributed by atoms with Crippen molar-refractivity contribution in [3.05, 3.63) is 101 Å². The highest BCUT2D eigenvalue weighted by molar-refractivity contribution is 6.31. The summed E-state index contributed by atoms with van der Waals surface area (Å²) in [6.07, 6.45) is 1.16. The Morgan fingerprint density at radius 3 is 2.18 bits per heavy atom. The van der Waals surface area contributed by atoms with Crippen molar-refractivity contribution in [1.82, 2.24) is 10.2 Å². The Morgan fingerprint density at radius 1 is 0.947 bits per heavy atom. The number of ether oxygens (including phenoxy) is 1. The summed E-state index contributed by atoms with van der Waals surface area (Å²) in [6, 6.07) is 24.2. The molecule has 0 bridgehead atoms. The summed E-state index contributed by atoms with van der Waals surface area (Å²) in [7, 11) is 0. The number of hydrogen-bond acceptors (Lipinski definition) is 3. The van der Waals surface area contributed by atoms with Crippen LogP contribution in [0.1, 0.15) is 57.7 Å². The minimum atomic E-state index is -0.734. The lowest BCUT2D eigenvalue weighted by Crippen LogP contribution is -2.53. The number of benzene rings is 3. The van der Waals surface area contributed by atoms with E-state index in [9.17, 15) is 9.59 Å². The summed E-state index contributed by atoms with van der Waals surface area (Å²) in [5.74, 6) is 0.121. The van der Waals surface area contributed by atoms with Crippen LogP contribution in [0.5, 0.6) is 5.75 Å². The Labute approximate surface area is 232 Å². The van der Waals surface area contributed by atoms with Crippen molar-refractivity contribution in [2.75, 3.05) is 6.61 Å². The van der Waals surface area contributed by atoms with Gasteiger partial charge in [0, 0.05) is 24.0 Å². The molecule has 2 atom stereocenters. The second-order valence-corrected chi connectivity index (χ2v) is 11.1. The summed E-state index contributed by atoms with van der Waals surface area (Å²) in [5.41, 5.74) is 2.94. The van der Waals surface area contributed by atoms with Gasteiger partial charge in [-0.05, 0) is 53.6 Å².